The summed E-state index contributed by atoms with van der Waals surface area (Å²) in [6.07, 6.45) is 2.96. The molecule has 3 fully saturated rings. The Kier molecular flexibility index (Phi) is 5.52. The van der Waals surface area contributed by atoms with E-state index in [4.69, 9.17) is 28.0 Å². The summed E-state index contributed by atoms with van der Waals surface area (Å²) >= 11 is 13.2. The lowest BCUT2D eigenvalue weighted by Gasteiger charge is -2.38. The molecule has 1 saturated heterocycles. The minimum absolute atomic E-state index is 0.0654. The first-order valence-electron chi connectivity index (χ1n) is 12.5. The van der Waals surface area contributed by atoms with Gasteiger partial charge in [0.05, 0.1) is 6.04 Å². The first kappa shape index (κ1) is 24.0. The van der Waals surface area contributed by atoms with E-state index in [1.165, 1.54) is 6.07 Å². The van der Waals surface area contributed by atoms with E-state index in [2.05, 4.69) is 25.9 Å². The van der Waals surface area contributed by atoms with Gasteiger partial charge in [0.15, 0.2) is 0 Å². The highest BCUT2D eigenvalue weighted by Gasteiger charge is 2.59. The van der Waals surface area contributed by atoms with E-state index in [1.54, 1.807) is 35.4 Å². The summed E-state index contributed by atoms with van der Waals surface area (Å²) in [5, 5.41) is 30.2. The average Bonchev–Trinajstić information content (AvgIpc) is 3.27. The molecule has 4 atom stereocenters. The van der Waals surface area contributed by atoms with Gasteiger partial charge < -0.3 is 15.3 Å². The smallest absolute Gasteiger partial charge is 0.337 e. The van der Waals surface area contributed by atoms with Crippen molar-refractivity contribution in [3.05, 3.63) is 74.7 Å². The fourth-order valence-corrected chi connectivity index (χ4v) is 7.06. The second kappa shape index (κ2) is 8.74. The molecule has 3 heterocycles. The predicted molar refractivity (Wildman–Crippen MR) is 135 cm³/mol. The SMILES string of the molecule is O=C(O)C1=C(C2CC2)ON(C2CC3(c4ccc(-c5nn[nH]n5)cc4F)CC2CN3)C1c1c(Cl)cccc1Cl. The zero-order chi connectivity index (χ0) is 26.2. The number of piperidine rings is 1. The maximum absolute atomic E-state index is 15.5. The van der Waals surface area contributed by atoms with Crippen molar-refractivity contribution in [2.75, 3.05) is 6.54 Å². The molecule has 2 aliphatic carbocycles. The number of hydrogen-bond donors (Lipinski definition) is 3. The Morgan fingerprint density at radius 3 is 2.63 bits per heavy atom. The van der Waals surface area contributed by atoms with Gasteiger partial charge in [-0.2, -0.15) is 5.21 Å². The second-order valence-corrected chi connectivity index (χ2v) is 11.3. The van der Waals surface area contributed by atoms with Crippen molar-refractivity contribution in [3.8, 4) is 11.4 Å². The molecule has 2 saturated carbocycles. The molecule has 9 nitrogen and oxygen atoms in total. The molecule has 7 rings (SSSR count). The van der Waals surface area contributed by atoms with Crippen LogP contribution in [0.3, 0.4) is 0 Å². The maximum atomic E-state index is 15.5. The molecule has 2 bridgehead atoms. The van der Waals surface area contributed by atoms with Crippen LogP contribution in [0.1, 0.15) is 42.9 Å². The van der Waals surface area contributed by atoms with E-state index < -0.39 is 17.6 Å². The van der Waals surface area contributed by atoms with Gasteiger partial charge in [0.1, 0.15) is 23.2 Å². The van der Waals surface area contributed by atoms with Crippen molar-refractivity contribution in [3.63, 3.8) is 0 Å². The molecule has 12 heteroatoms. The largest absolute Gasteiger partial charge is 0.478 e. The number of carboxylic acid groups (broad SMARTS) is 1. The summed E-state index contributed by atoms with van der Waals surface area (Å²) in [5.74, 6) is -0.441. The third-order valence-electron chi connectivity index (χ3n) is 8.28. The van der Waals surface area contributed by atoms with Gasteiger partial charge in [0.25, 0.3) is 0 Å². The highest BCUT2D eigenvalue weighted by Crippen LogP contribution is 2.56. The van der Waals surface area contributed by atoms with Crippen molar-refractivity contribution in [1.29, 1.82) is 0 Å². The number of nitrogens with one attached hydrogen (secondary N) is 2. The second-order valence-electron chi connectivity index (χ2n) is 10.5. The normalized spacial score (nSPS) is 28.8. The van der Waals surface area contributed by atoms with Crippen molar-refractivity contribution < 1.29 is 19.1 Å². The number of fused-ring (bicyclic) bond motifs is 2. The molecule has 0 radical (unpaired) electrons. The van der Waals surface area contributed by atoms with Gasteiger partial charge in [-0.05, 0) is 55.0 Å². The Morgan fingerprint density at radius 2 is 1.97 bits per heavy atom. The number of aromatic nitrogens is 4. The number of allylic oxidation sites excluding steroid dienone is 1. The van der Waals surface area contributed by atoms with Crippen LogP contribution >= 0.6 is 23.2 Å². The number of carbonyl (C=O) groups is 1. The van der Waals surface area contributed by atoms with Crippen LogP contribution in [-0.4, -0.2) is 49.3 Å². The fourth-order valence-electron chi connectivity index (χ4n) is 6.45. The molecule has 2 aromatic carbocycles. The van der Waals surface area contributed by atoms with Crippen LogP contribution in [0.25, 0.3) is 11.4 Å². The number of aromatic amines is 1. The van der Waals surface area contributed by atoms with Crippen molar-refractivity contribution >= 4 is 29.2 Å². The molecule has 1 aromatic heterocycles. The van der Waals surface area contributed by atoms with E-state index in [1.807, 2.05) is 0 Å². The lowest BCUT2D eigenvalue weighted by atomic mass is 9.87. The molecular formula is C26H23Cl2FN6O3. The Morgan fingerprint density at radius 1 is 1.18 bits per heavy atom. The van der Waals surface area contributed by atoms with Crippen LogP contribution in [0.5, 0.6) is 0 Å². The maximum Gasteiger partial charge on any atom is 0.337 e. The highest BCUT2D eigenvalue weighted by atomic mass is 35.5. The lowest BCUT2D eigenvalue weighted by Crippen LogP contribution is -2.48. The molecule has 4 aliphatic rings. The van der Waals surface area contributed by atoms with E-state index in [0.29, 0.717) is 57.7 Å². The Hall–Kier alpha value is -3.05. The van der Waals surface area contributed by atoms with Crippen LogP contribution < -0.4 is 5.32 Å². The average molecular weight is 557 g/mol. The highest BCUT2D eigenvalue weighted by molar-refractivity contribution is 6.36. The summed E-state index contributed by atoms with van der Waals surface area (Å²) in [4.78, 5) is 19.0. The summed E-state index contributed by atoms with van der Waals surface area (Å²) in [7, 11) is 0. The molecule has 0 spiro atoms. The summed E-state index contributed by atoms with van der Waals surface area (Å²) < 4.78 is 15.5. The van der Waals surface area contributed by atoms with Gasteiger partial charge in [0, 0.05) is 44.7 Å². The molecule has 3 aromatic rings. The number of tetrazole rings is 1. The third-order valence-corrected chi connectivity index (χ3v) is 8.94. The molecule has 196 valence electrons. The fraction of sp³-hybridized carbons (Fsp3) is 0.385. The number of hydrogen-bond acceptors (Lipinski definition) is 7. The Balaban J connectivity index is 1.26. The molecule has 4 unspecified atom stereocenters. The molecule has 2 aliphatic heterocycles. The number of benzene rings is 2. The minimum Gasteiger partial charge on any atom is -0.478 e. The Labute approximate surface area is 226 Å². The van der Waals surface area contributed by atoms with E-state index in [9.17, 15) is 9.90 Å². The lowest BCUT2D eigenvalue weighted by molar-refractivity contribution is -0.167. The third kappa shape index (κ3) is 3.65. The van der Waals surface area contributed by atoms with E-state index in [-0.39, 0.29) is 29.3 Å². The van der Waals surface area contributed by atoms with Gasteiger partial charge in [-0.15, -0.1) is 15.3 Å². The molecule has 38 heavy (non-hydrogen) atoms. The molecule has 3 N–H and O–H groups in total. The number of nitrogens with zero attached hydrogens (tertiary/aromatic N) is 4. The number of halogens is 3. The van der Waals surface area contributed by atoms with Gasteiger partial charge in [-0.25, -0.2) is 9.18 Å². The number of rotatable bonds is 6. The van der Waals surface area contributed by atoms with Crippen molar-refractivity contribution in [2.45, 2.75) is 43.3 Å². The summed E-state index contributed by atoms with van der Waals surface area (Å²) in [5.41, 5.74) is 1.16. The molecular weight excluding hydrogens is 534 g/mol. The zero-order valence-electron chi connectivity index (χ0n) is 20.0. The van der Waals surface area contributed by atoms with Gasteiger partial charge >= 0.3 is 5.97 Å². The van der Waals surface area contributed by atoms with E-state index >= 15 is 4.39 Å². The topological polar surface area (TPSA) is 116 Å². The first-order valence-corrected chi connectivity index (χ1v) is 13.3. The zero-order valence-corrected chi connectivity index (χ0v) is 21.5. The summed E-state index contributed by atoms with van der Waals surface area (Å²) in [6.45, 7) is 0.640. The van der Waals surface area contributed by atoms with Crippen LogP contribution in [0.4, 0.5) is 4.39 Å². The number of hydroxylamine groups is 2. The Bertz CT molecular complexity index is 1460. The molecule has 0 amide bonds. The van der Waals surface area contributed by atoms with Crippen molar-refractivity contribution in [1.82, 2.24) is 31.0 Å². The summed E-state index contributed by atoms with van der Waals surface area (Å²) in [6, 6.07) is 9.17. The van der Waals surface area contributed by atoms with Gasteiger partial charge in [-0.3, -0.25) is 0 Å². The monoisotopic (exact) mass is 556 g/mol. The first-order chi connectivity index (χ1) is 18.4. The predicted octanol–water partition coefficient (Wildman–Crippen LogP) is 4.63. The number of aliphatic carboxylic acids is 1. The van der Waals surface area contributed by atoms with Crippen LogP contribution in [0.2, 0.25) is 10.0 Å². The quantitative estimate of drug-likeness (QED) is 0.402. The van der Waals surface area contributed by atoms with Crippen molar-refractivity contribution in [2.24, 2.45) is 11.8 Å². The minimum atomic E-state index is -1.05. The van der Waals surface area contributed by atoms with Crippen LogP contribution in [-0.2, 0) is 15.2 Å². The van der Waals surface area contributed by atoms with Crippen LogP contribution in [0, 0.1) is 17.7 Å². The van der Waals surface area contributed by atoms with Crippen LogP contribution in [0.15, 0.2) is 47.7 Å². The number of carboxylic acids is 1. The van der Waals surface area contributed by atoms with E-state index in [0.717, 1.165) is 12.8 Å². The van der Waals surface area contributed by atoms with Gasteiger partial charge in [-0.1, -0.05) is 41.4 Å². The van der Waals surface area contributed by atoms with Gasteiger partial charge in [0.2, 0.25) is 5.82 Å². The number of H-pyrrole nitrogens is 1. The standard InChI is InChI=1S/C26H23Cl2FN6O3/c27-16-2-1-3-17(28)20(16)22-21(25(36)37)23(12-4-5-12)38-35(22)19-10-26(9-14(19)11-30-26)15-7-6-13(8-18(15)29)24-31-33-34-32-24/h1-3,6-8,12,14,19,22,30H,4-5,9-11H2,(H,36,37)(H,31,32,33,34).